The number of ether oxygens (including phenoxy) is 4. The lowest BCUT2D eigenvalue weighted by Crippen LogP contribution is -3.00. The number of aliphatic hydroxyl groups excluding tert-OH is 1. The van der Waals surface area contributed by atoms with Crippen molar-refractivity contribution < 1.29 is 39.0 Å². The van der Waals surface area contributed by atoms with Crippen molar-refractivity contribution >= 4 is 11.8 Å². The molecule has 15 atom stereocenters. The Balaban J connectivity index is 0.996. The number of nitrogens with two attached hydrogens (primary N) is 3. The summed E-state index contributed by atoms with van der Waals surface area (Å²) in [6, 6.07) is 0.488. The second kappa shape index (κ2) is 13.0. The molecule has 0 aromatic carbocycles. The highest BCUT2D eigenvalue weighted by Crippen LogP contribution is 2.59. The number of aliphatic hydroxyl groups is 1. The van der Waals surface area contributed by atoms with Crippen molar-refractivity contribution in [3.63, 3.8) is 0 Å². The van der Waals surface area contributed by atoms with Crippen molar-refractivity contribution in [3.8, 4) is 0 Å². The highest BCUT2D eigenvalue weighted by Gasteiger charge is 2.68. The smallest absolute Gasteiger partial charge is 0.341 e. The molecule has 49 heavy (non-hydrogen) atoms. The SMILES string of the molecule is CC1CC(=O)C2C(CC3OC(C)(C)C4OC(=O)C5(CCCCC4C3C2O)OC5CC2(C3CC(N)[NH2+]C(C4CCNC(N)C4)C3)CCCC2)O1. The fraction of sp³-hybridized carbons (Fsp3) is 0.947. The van der Waals surface area contributed by atoms with E-state index in [1.807, 2.05) is 20.8 Å². The van der Waals surface area contributed by atoms with Crippen LogP contribution in [0.25, 0.3) is 0 Å². The fourth-order valence-electron chi connectivity index (χ4n) is 12.5. The predicted octanol–water partition coefficient (Wildman–Crippen LogP) is 2.01. The molecule has 11 nitrogen and oxygen atoms in total. The Labute approximate surface area is 292 Å². The zero-order chi connectivity index (χ0) is 34.3. The Morgan fingerprint density at radius 3 is 2.51 bits per heavy atom. The van der Waals surface area contributed by atoms with Crippen LogP contribution >= 0.6 is 0 Å². The third kappa shape index (κ3) is 6.24. The van der Waals surface area contributed by atoms with Crippen molar-refractivity contribution in [1.29, 1.82) is 0 Å². The molecule has 15 unspecified atom stereocenters. The van der Waals surface area contributed by atoms with Gasteiger partial charge in [-0.25, -0.2) is 4.79 Å². The van der Waals surface area contributed by atoms with Crippen LogP contribution in [0.4, 0.5) is 0 Å². The largest absolute Gasteiger partial charge is 0.457 e. The number of fused-ring (bicyclic) bond motifs is 4. The molecular formula is C38H63N4O7+. The van der Waals surface area contributed by atoms with E-state index < -0.39 is 29.3 Å². The maximum absolute atomic E-state index is 14.4. The van der Waals surface area contributed by atoms with E-state index in [-0.39, 0.29) is 65.8 Å². The minimum Gasteiger partial charge on any atom is -0.457 e. The number of epoxide rings is 1. The molecule has 2 saturated carbocycles. The summed E-state index contributed by atoms with van der Waals surface area (Å²) < 4.78 is 26.1. The first kappa shape index (κ1) is 34.9. The van der Waals surface area contributed by atoms with E-state index in [1.165, 1.54) is 25.7 Å². The molecule has 0 bridgehead atoms. The van der Waals surface area contributed by atoms with E-state index in [9.17, 15) is 14.7 Å². The van der Waals surface area contributed by atoms with Crippen LogP contribution < -0.4 is 22.1 Å². The number of rotatable bonds is 4. The summed E-state index contributed by atoms with van der Waals surface area (Å²) in [5.41, 5.74) is 11.6. The lowest BCUT2D eigenvalue weighted by molar-refractivity contribution is -0.739. The van der Waals surface area contributed by atoms with Gasteiger partial charge in [0, 0.05) is 43.4 Å². The second-order valence-corrected chi connectivity index (χ2v) is 18.3. The number of hydrogen-bond donors (Lipinski definition) is 5. The molecule has 0 aromatic rings. The number of ketones is 1. The first-order valence-electron chi connectivity index (χ1n) is 19.9. The molecule has 0 radical (unpaired) electrons. The molecule has 0 amide bonds. The van der Waals surface area contributed by atoms with Crippen molar-refractivity contribution in [2.45, 2.75) is 183 Å². The number of esters is 1. The Kier molecular flexibility index (Phi) is 9.28. The lowest BCUT2D eigenvalue weighted by Gasteiger charge is -2.57. The quantitative estimate of drug-likeness (QED) is 0.217. The number of Topliss-reactive ketones (excluding diaryl/α,β-unsaturated/α-hetero) is 1. The minimum atomic E-state index is -0.916. The molecule has 6 aliphatic heterocycles. The van der Waals surface area contributed by atoms with Gasteiger partial charge in [-0.05, 0) is 90.0 Å². The third-order valence-electron chi connectivity index (χ3n) is 14.8. The molecule has 6 heterocycles. The van der Waals surface area contributed by atoms with Crippen LogP contribution in [0, 0.1) is 35.0 Å². The highest BCUT2D eigenvalue weighted by atomic mass is 16.7. The number of nitrogens with one attached hydrogen (secondary N) is 1. The van der Waals surface area contributed by atoms with Gasteiger partial charge in [0.2, 0.25) is 0 Å². The van der Waals surface area contributed by atoms with Gasteiger partial charge in [-0.2, -0.15) is 0 Å². The fourth-order valence-corrected chi connectivity index (χ4v) is 12.5. The van der Waals surface area contributed by atoms with Crippen molar-refractivity contribution in [3.05, 3.63) is 0 Å². The summed E-state index contributed by atoms with van der Waals surface area (Å²) in [5, 5.41) is 17.6. The molecule has 6 saturated heterocycles. The van der Waals surface area contributed by atoms with E-state index in [1.54, 1.807) is 0 Å². The maximum Gasteiger partial charge on any atom is 0.341 e. The van der Waals surface area contributed by atoms with Crippen LogP contribution in [0.3, 0.4) is 0 Å². The van der Waals surface area contributed by atoms with Gasteiger partial charge in [-0.15, -0.1) is 0 Å². The Hall–Kier alpha value is -1.18. The molecule has 11 heteroatoms. The first-order valence-corrected chi connectivity index (χ1v) is 19.9. The molecule has 8 fully saturated rings. The van der Waals surface area contributed by atoms with Gasteiger partial charge in [-0.1, -0.05) is 19.3 Å². The number of carbonyl (C=O) groups is 2. The summed E-state index contributed by atoms with van der Waals surface area (Å²) in [6.45, 7) is 6.92. The number of piperidine rings is 2. The number of quaternary nitrogens is 1. The van der Waals surface area contributed by atoms with E-state index in [0.717, 1.165) is 57.9 Å². The topological polar surface area (TPSA) is 175 Å². The molecular weight excluding hydrogens is 624 g/mol. The van der Waals surface area contributed by atoms with Gasteiger partial charge >= 0.3 is 5.97 Å². The van der Waals surface area contributed by atoms with E-state index >= 15 is 0 Å². The molecule has 0 aromatic heterocycles. The summed E-state index contributed by atoms with van der Waals surface area (Å²) >= 11 is 0. The van der Waals surface area contributed by atoms with Gasteiger partial charge in [0.1, 0.15) is 23.7 Å². The summed E-state index contributed by atoms with van der Waals surface area (Å²) in [4.78, 5) is 27.6. The molecule has 8 N–H and O–H groups in total. The summed E-state index contributed by atoms with van der Waals surface area (Å²) in [7, 11) is 0. The summed E-state index contributed by atoms with van der Waals surface area (Å²) in [6.07, 6.45) is 12.0. The molecule has 276 valence electrons. The normalized spacial score (nSPS) is 51.0. The van der Waals surface area contributed by atoms with Crippen LogP contribution in [-0.2, 0) is 28.5 Å². The van der Waals surface area contributed by atoms with E-state index in [0.29, 0.717) is 37.1 Å². The average Bonchev–Trinajstić information content (AvgIpc) is 3.48. The predicted molar refractivity (Wildman–Crippen MR) is 181 cm³/mol. The van der Waals surface area contributed by atoms with Gasteiger partial charge in [-0.3, -0.25) is 10.5 Å². The standard InChI is InChI=1S/C38H62N4O7/c1-20-14-25(43)32-26(46-20)18-27-31(33(32)44)23-8-4-5-12-38(35(45)47-34(23)36(2,3)48-27)28(49-38)19-37(10-6-7-11-37)22-16-24(42-30(40)17-22)21-9-13-41-29(39)15-21/h20-24,26-34,41-42,44H,4-19,39-40H2,1-3H3/p+1. The van der Waals surface area contributed by atoms with Gasteiger partial charge < -0.3 is 40.4 Å². The first-order chi connectivity index (χ1) is 23.4. The van der Waals surface area contributed by atoms with Crippen molar-refractivity contribution in [2.75, 3.05) is 6.54 Å². The Bertz CT molecular complexity index is 1260. The highest BCUT2D eigenvalue weighted by molar-refractivity contribution is 5.84. The number of carbonyl (C=O) groups excluding carboxylic acids is 2. The molecule has 1 spiro atoms. The third-order valence-corrected chi connectivity index (χ3v) is 14.8. The lowest BCUT2D eigenvalue weighted by atomic mass is 9.62. The molecule has 8 rings (SSSR count). The Morgan fingerprint density at radius 1 is 0.959 bits per heavy atom. The van der Waals surface area contributed by atoms with Crippen LogP contribution in [0.15, 0.2) is 0 Å². The Morgan fingerprint density at radius 2 is 1.73 bits per heavy atom. The van der Waals surface area contributed by atoms with Crippen molar-refractivity contribution in [1.82, 2.24) is 5.32 Å². The average molecular weight is 688 g/mol. The molecule has 2 aliphatic carbocycles. The second-order valence-electron chi connectivity index (χ2n) is 18.3. The van der Waals surface area contributed by atoms with Crippen LogP contribution in [0.5, 0.6) is 0 Å². The monoisotopic (exact) mass is 687 g/mol. The van der Waals surface area contributed by atoms with Gasteiger partial charge in [0.15, 0.2) is 5.60 Å². The van der Waals surface area contributed by atoms with Crippen molar-refractivity contribution in [2.24, 2.45) is 46.5 Å². The molecule has 8 aliphatic rings. The summed E-state index contributed by atoms with van der Waals surface area (Å²) in [5.74, 6) is -0.0323. The minimum absolute atomic E-state index is 0.0641. The van der Waals surface area contributed by atoms with Gasteiger partial charge in [0.25, 0.3) is 0 Å². The van der Waals surface area contributed by atoms with Crippen LogP contribution in [0.2, 0.25) is 0 Å². The van der Waals surface area contributed by atoms with Gasteiger partial charge in [0.05, 0.1) is 48.6 Å². The zero-order valence-electron chi connectivity index (χ0n) is 30.0. The zero-order valence-corrected chi connectivity index (χ0v) is 30.0. The van der Waals surface area contributed by atoms with Crippen LogP contribution in [0.1, 0.15) is 117 Å². The maximum atomic E-state index is 14.4. The number of hydrogen-bond acceptors (Lipinski definition) is 10. The van der Waals surface area contributed by atoms with E-state index in [4.69, 9.17) is 30.4 Å². The van der Waals surface area contributed by atoms with E-state index in [2.05, 4.69) is 10.6 Å². The van der Waals surface area contributed by atoms with Crippen LogP contribution in [-0.4, -0.2) is 89.6 Å².